The van der Waals surface area contributed by atoms with Crippen molar-refractivity contribution in [1.82, 2.24) is 0 Å². The van der Waals surface area contributed by atoms with E-state index in [1.165, 1.54) is 19.2 Å². The molecule has 0 unspecified atom stereocenters. The number of hydrogen-bond acceptors (Lipinski definition) is 6. The maximum Gasteiger partial charge on any atom is 0.337 e. The Morgan fingerprint density at radius 3 is 2.35 bits per heavy atom. The highest BCUT2D eigenvalue weighted by atomic mass is 16.6. The average molecular weight is 415 g/mol. The normalized spacial score (nSPS) is 13.8. The van der Waals surface area contributed by atoms with Gasteiger partial charge in [0.1, 0.15) is 0 Å². The van der Waals surface area contributed by atoms with Crippen LogP contribution in [0, 0.1) is 10.1 Å². The molecule has 2 N–H and O–H groups in total. The molecule has 0 saturated heterocycles. The van der Waals surface area contributed by atoms with Crippen molar-refractivity contribution in [3.05, 3.63) is 99.6 Å². The second kappa shape index (κ2) is 8.11. The van der Waals surface area contributed by atoms with Gasteiger partial charge in [-0.15, -0.1) is 0 Å². The Kier molecular flexibility index (Phi) is 5.19. The van der Waals surface area contributed by atoms with E-state index in [4.69, 9.17) is 4.74 Å². The van der Waals surface area contributed by atoms with Crippen molar-refractivity contribution in [2.75, 3.05) is 17.7 Å². The summed E-state index contributed by atoms with van der Waals surface area (Å²) in [6.07, 6.45) is 0. The van der Waals surface area contributed by atoms with E-state index in [9.17, 15) is 19.7 Å². The molecule has 1 heterocycles. The van der Waals surface area contributed by atoms with E-state index in [2.05, 4.69) is 10.6 Å². The van der Waals surface area contributed by atoms with Crippen LogP contribution < -0.4 is 10.6 Å². The fourth-order valence-corrected chi connectivity index (χ4v) is 3.36. The predicted molar refractivity (Wildman–Crippen MR) is 116 cm³/mol. The summed E-state index contributed by atoms with van der Waals surface area (Å²) in [7, 11) is 1.29. The van der Waals surface area contributed by atoms with E-state index in [0.29, 0.717) is 33.8 Å². The maximum absolute atomic E-state index is 12.9. The van der Waals surface area contributed by atoms with E-state index < -0.39 is 10.9 Å². The van der Waals surface area contributed by atoms with Crippen molar-refractivity contribution in [3.8, 4) is 0 Å². The Morgan fingerprint density at radius 1 is 1.00 bits per heavy atom. The largest absolute Gasteiger partial charge is 0.465 e. The number of methoxy groups -OCH3 is 1. The summed E-state index contributed by atoms with van der Waals surface area (Å²) >= 11 is 0. The van der Waals surface area contributed by atoms with Gasteiger partial charge in [0.25, 0.3) is 11.6 Å². The third-order valence-corrected chi connectivity index (χ3v) is 4.85. The molecule has 0 bridgehead atoms. The molecule has 0 aromatic heterocycles. The topological polar surface area (TPSA) is 111 Å². The first-order chi connectivity index (χ1) is 15.0. The number of benzene rings is 3. The van der Waals surface area contributed by atoms with Crippen LogP contribution in [-0.2, 0) is 9.53 Å². The van der Waals surface area contributed by atoms with Crippen molar-refractivity contribution in [1.29, 1.82) is 0 Å². The minimum atomic E-state index is -0.498. The molecule has 3 aromatic rings. The number of nitro groups is 1. The molecule has 1 amide bonds. The third kappa shape index (κ3) is 3.86. The highest BCUT2D eigenvalue weighted by Crippen LogP contribution is 2.38. The van der Waals surface area contributed by atoms with Crippen LogP contribution in [-0.4, -0.2) is 23.9 Å². The van der Waals surface area contributed by atoms with Crippen LogP contribution in [0.5, 0.6) is 0 Å². The molecule has 4 rings (SSSR count). The van der Waals surface area contributed by atoms with Crippen molar-refractivity contribution < 1.29 is 19.2 Å². The van der Waals surface area contributed by atoms with Crippen LogP contribution in [0.1, 0.15) is 21.5 Å². The molecule has 3 aromatic carbocycles. The average Bonchev–Trinajstić information content (AvgIpc) is 3.12. The quantitative estimate of drug-likeness (QED) is 0.278. The number of ether oxygens (including phenoxy) is 1. The number of rotatable bonds is 5. The Bertz CT molecular complexity index is 1220. The van der Waals surface area contributed by atoms with Crippen LogP contribution in [0.3, 0.4) is 0 Å². The summed E-state index contributed by atoms with van der Waals surface area (Å²) in [6.45, 7) is 0. The van der Waals surface area contributed by atoms with Crippen molar-refractivity contribution in [3.63, 3.8) is 0 Å². The Hall–Kier alpha value is -4.46. The smallest absolute Gasteiger partial charge is 0.337 e. The van der Waals surface area contributed by atoms with Crippen molar-refractivity contribution in [2.24, 2.45) is 0 Å². The fraction of sp³-hybridized carbons (Fsp3) is 0.0435. The molecule has 1 aliphatic rings. The minimum Gasteiger partial charge on any atom is -0.465 e. The number of esters is 1. The second-order valence-corrected chi connectivity index (χ2v) is 6.75. The molecule has 0 fully saturated rings. The molecular weight excluding hydrogens is 398 g/mol. The molecule has 8 nitrogen and oxygen atoms in total. The molecule has 0 spiro atoms. The first-order valence-corrected chi connectivity index (χ1v) is 9.33. The van der Waals surface area contributed by atoms with Gasteiger partial charge in [0.2, 0.25) is 0 Å². The summed E-state index contributed by atoms with van der Waals surface area (Å²) in [5.41, 5.74) is 3.71. The summed E-state index contributed by atoms with van der Waals surface area (Å²) in [6, 6.07) is 20.1. The van der Waals surface area contributed by atoms with E-state index in [1.54, 1.807) is 30.3 Å². The van der Waals surface area contributed by atoms with E-state index in [1.807, 2.05) is 30.3 Å². The maximum atomic E-state index is 12.9. The number of nitro benzene ring substituents is 1. The number of anilines is 2. The van der Waals surface area contributed by atoms with Gasteiger partial charge in [-0.05, 0) is 29.8 Å². The Balaban J connectivity index is 1.83. The molecule has 0 saturated carbocycles. The zero-order chi connectivity index (χ0) is 22.0. The molecule has 0 atom stereocenters. The SMILES string of the molecule is COC(=O)c1ccc2c(c1)NC(=O)C2=C(Nc1ccc([N+](=O)[O-])cc1)c1ccccc1. The molecular formula is C23H17N3O5. The van der Waals surface area contributed by atoms with Crippen LogP contribution in [0.25, 0.3) is 11.3 Å². The van der Waals surface area contributed by atoms with Gasteiger partial charge in [0, 0.05) is 23.4 Å². The Labute approximate surface area is 177 Å². The molecule has 0 radical (unpaired) electrons. The second-order valence-electron chi connectivity index (χ2n) is 6.75. The van der Waals surface area contributed by atoms with Crippen LogP contribution >= 0.6 is 0 Å². The fourth-order valence-electron chi connectivity index (χ4n) is 3.36. The van der Waals surface area contributed by atoms with Gasteiger partial charge in [-0.25, -0.2) is 4.79 Å². The molecule has 154 valence electrons. The number of amides is 1. The number of carbonyl (C=O) groups excluding carboxylic acids is 2. The molecule has 0 aliphatic carbocycles. The highest BCUT2D eigenvalue weighted by molar-refractivity contribution is 6.37. The minimum absolute atomic E-state index is 0.0289. The van der Waals surface area contributed by atoms with Crippen LogP contribution in [0.2, 0.25) is 0 Å². The molecule has 1 aliphatic heterocycles. The summed E-state index contributed by atoms with van der Waals surface area (Å²) < 4.78 is 4.75. The number of carbonyl (C=O) groups is 2. The van der Waals surface area contributed by atoms with Gasteiger partial charge in [-0.3, -0.25) is 14.9 Å². The van der Waals surface area contributed by atoms with Crippen molar-refractivity contribution >= 4 is 40.2 Å². The lowest BCUT2D eigenvalue weighted by atomic mass is 9.99. The monoisotopic (exact) mass is 415 g/mol. The third-order valence-electron chi connectivity index (χ3n) is 4.85. The van der Waals surface area contributed by atoms with Gasteiger partial charge >= 0.3 is 5.97 Å². The van der Waals surface area contributed by atoms with Gasteiger partial charge in [-0.2, -0.15) is 0 Å². The number of hydrogen-bond donors (Lipinski definition) is 2. The lowest BCUT2D eigenvalue weighted by Crippen LogP contribution is -2.10. The highest BCUT2D eigenvalue weighted by Gasteiger charge is 2.29. The standard InChI is InChI=1S/C23H17N3O5/c1-31-23(28)15-7-12-18-19(13-15)25-22(27)20(18)21(14-5-3-2-4-6-14)24-16-8-10-17(11-9-16)26(29)30/h2-13,24H,1H3,(H,25,27). The summed E-state index contributed by atoms with van der Waals surface area (Å²) in [4.78, 5) is 35.2. The van der Waals surface area contributed by atoms with Gasteiger partial charge in [0.15, 0.2) is 0 Å². The first kappa shape index (κ1) is 19.8. The van der Waals surface area contributed by atoms with Crippen LogP contribution in [0.15, 0.2) is 72.8 Å². The van der Waals surface area contributed by atoms with Crippen molar-refractivity contribution in [2.45, 2.75) is 0 Å². The zero-order valence-electron chi connectivity index (χ0n) is 16.4. The number of nitrogens with one attached hydrogen (secondary N) is 2. The molecule has 31 heavy (non-hydrogen) atoms. The Morgan fingerprint density at radius 2 is 1.71 bits per heavy atom. The lowest BCUT2D eigenvalue weighted by Gasteiger charge is -2.14. The number of fused-ring (bicyclic) bond motifs is 1. The van der Waals surface area contributed by atoms with Gasteiger partial charge in [0.05, 0.1) is 34.6 Å². The van der Waals surface area contributed by atoms with Crippen LogP contribution in [0.4, 0.5) is 17.1 Å². The predicted octanol–water partition coefficient (Wildman–Crippen LogP) is 4.31. The van der Waals surface area contributed by atoms with E-state index in [-0.39, 0.29) is 11.6 Å². The first-order valence-electron chi connectivity index (χ1n) is 9.33. The molecule has 8 heteroatoms. The number of non-ortho nitro benzene ring substituents is 1. The number of nitrogens with zero attached hydrogens (tertiary/aromatic N) is 1. The van der Waals surface area contributed by atoms with Gasteiger partial charge in [-0.1, -0.05) is 36.4 Å². The van der Waals surface area contributed by atoms with E-state index in [0.717, 1.165) is 5.56 Å². The zero-order valence-corrected chi connectivity index (χ0v) is 16.4. The van der Waals surface area contributed by atoms with Gasteiger partial charge < -0.3 is 15.4 Å². The van der Waals surface area contributed by atoms with E-state index >= 15 is 0 Å². The lowest BCUT2D eigenvalue weighted by molar-refractivity contribution is -0.384. The summed E-state index contributed by atoms with van der Waals surface area (Å²) in [5, 5.41) is 17.0. The summed E-state index contributed by atoms with van der Waals surface area (Å²) in [5.74, 6) is -0.827.